The van der Waals surface area contributed by atoms with Crippen molar-refractivity contribution >= 4 is 23.1 Å². The quantitative estimate of drug-likeness (QED) is 0.851. The molecule has 2 aromatic rings. The molecule has 0 N–H and O–H groups in total. The van der Waals surface area contributed by atoms with E-state index in [2.05, 4.69) is 33.5 Å². The molecule has 4 nitrogen and oxygen atoms in total. The molecule has 104 valence electrons. The molecular weight excluding hydrogens is 270 g/mol. The summed E-state index contributed by atoms with van der Waals surface area (Å²) in [6, 6.07) is 12.2. The van der Waals surface area contributed by atoms with Gasteiger partial charge in [0.15, 0.2) is 0 Å². The summed E-state index contributed by atoms with van der Waals surface area (Å²) in [7, 11) is 0. The van der Waals surface area contributed by atoms with Gasteiger partial charge in [-0.05, 0) is 36.2 Å². The van der Waals surface area contributed by atoms with Crippen LogP contribution in [0.25, 0.3) is 0 Å². The number of carbonyl (C=O) groups excluding carboxylic acids is 1. The Labute approximate surface area is 122 Å². The molecule has 0 atom stereocenters. The summed E-state index contributed by atoms with van der Waals surface area (Å²) in [4.78, 5) is 17.4. The molecule has 0 unspecified atom stereocenters. The largest absolute Gasteiger partial charge is 0.370 e. The van der Waals surface area contributed by atoms with Crippen molar-refractivity contribution in [1.29, 1.82) is 0 Å². The third kappa shape index (κ3) is 2.82. The Balaban J connectivity index is 1.67. The van der Waals surface area contributed by atoms with Gasteiger partial charge in [-0.2, -0.15) is 0 Å². The predicted octanol–water partition coefficient (Wildman–Crippen LogP) is 2.50. The lowest BCUT2D eigenvalue weighted by Gasteiger charge is -2.23. The molecule has 1 aromatic heterocycles. The van der Waals surface area contributed by atoms with Gasteiger partial charge in [0.25, 0.3) is 5.91 Å². The van der Waals surface area contributed by atoms with E-state index in [9.17, 15) is 4.79 Å². The molecule has 1 aliphatic heterocycles. The number of benzene rings is 1. The average Bonchev–Trinajstić information content (AvgIpc) is 2.92. The third-order valence-electron chi connectivity index (χ3n) is 3.55. The number of rotatable bonds is 2. The van der Waals surface area contributed by atoms with Gasteiger partial charge in [-0.15, -0.1) is 0 Å². The van der Waals surface area contributed by atoms with E-state index in [0.717, 1.165) is 37.5 Å². The van der Waals surface area contributed by atoms with Gasteiger partial charge in [0.2, 0.25) is 0 Å². The maximum Gasteiger partial charge on any atom is 0.265 e. The highest BCUT2D eigenvalue weighted by atomic mass is 32.1. The molecule has 20 heavy (non-hydrogen) atoms. The topological polar surface area (TPSA) is 36.4 Å². The molecule has 1 fully saturated rings. The van der Waals surface area contributed by atoms with Crippen molar-refractivity contribution in [3.63, 3.8) is 0 Å². The van der Waals surface area contributed by atoms with Crippen molar-refractivity contribution < 1.29 is 4.79 Å². The lowest BCUT2D eigenvalue weighted by atomic mass is 10.3. The molecule has 2 heterocycles. The van der Waals surface area contributed by atoms with Crippen LogP contribution in [-0.4, -0.2) is 41.4 Å². The number of hydrogen-bond acceptors (Lipinski definition) is 4. The molecule has 1 aromatic carbocycles. The van der Waals surface area contributed by atoms with E-state index >= 15 is 0 Å². The van der Waals surface area contributed by atoms with Crippen LogP contribution in [0.4, 0.5) is 5.69 Å². The molecule has 5 heteroatoms. The van der Waals surface area contributed by atoms with Crippen LogP contribution in [0.3, 0.4) is 0 Å². The van der Waals surface area contributed by atoms with Crippen LogP contribution in [0.5, 0.6) is 0 Å². The van der Waals surface area contributed by atoms with Gasteiger partial charge >= 0.3 is 0 Å². The third-order valence-corrected chi connectivity index (χ3v) is 4.29. The lowest BCUT2D eigenvalue weighted by Crippen LogP contribution is -2.34. The zero-order valence-corrected chi connectivity index (χ0v) is 12.1. The SMILES string of the molecule is O=C(c1ccns1)N1CCCN(c2ccccc2)CC1. The average molecular weight is 287 g/mol. The summed E-state index contributed by atoms with van der Waals surface area (Å²) >= 11 is 1.27. The second-order valence-corrected chi connectivity index (χ2v) is 5.68. The van der Waals surface area contributed by atoms with Gasteiger partial charge in [-0.1, -0.05) is 18.2 Å². The van der Waals surface area contributed by atoms with Crippen LogP contribution in [-0.2, 0) is 0 Å². The van der Waals surface area contributed by atoms with Gasteiger partial charge in [-0.25, -0.2) is 4.37 Å². The van der Waals surface area contributed by atoms with Crippen molar-refractivity contribution in [2.24, 2.45) is 0 Å². The first-order valence-corrected chi connectivity index (χ1v) is 7.62. The Bertz CT molecular complexity index is 556. The van der Waals surface area contributed by atoms with Gasteiger partial charge in [0, 0.05) is 38.1 Å². The van der Waals surface area contributed by atoms with E-state index < -0.39 is 0 Å². The minimum atomic E-state index is 0.113. The van der Waals surface area contributed by atoms with Crippen molar-refractivity contribution in [3.05, 3.63) is 47.5 Å². The minimum absolute atomic E-state index is 0.113. The summed E-state index contributed by atoms with van der Waals surface area (Å²) in [5, 5.41) is 0. The molecule has 0 bridgehead atoms. The zero-order chi connectivity index (χ0) is 13.8. The van der Waals surface area contributed by atoms with Crippen molar-refractivity contribution in [3.8, 4) is 0 Å². The fourth-order valence-electron chi connectivity index (χ4n) is 2.50. The van der Waals surface area contributed by atoms with E-state index in [1.807, 2.05) is 11.0 Å². The van der Waals surface area contributed by atoms with Crippen LogP contribution in [0.1, 0.15) is 16.1 Å². The monoisotopic (exact) mass is 287 g/mol. The van der Waals surface area contributed by atoms with Gasteiger partial charge in [0.1, 0.15) is 4.88 Å². The molecule has 1 amide bonds. The highest BCUT2D eigenvalue weighted by molar-refractivity contribution is 7.08. The molecule has 1 aliphatic rings. The number of aromatic nitrogens is 1. The molecule has 0 saturated carbocycles. The summed E-state index contributed by atoms with van der Waals surface area (Å²) in [5.74, 6) is 0.113. The standard InChI is InChI=1S/C15H17N3OS/c19-15(14-7-8-16-20-14)18-10-4-9-17(11-12-18)13-5-2-1-3-6-13/h1-3,5-8H,4,9-12H2. The minimum Gasteiger partial charge on any atom is -0.370 e. The Morgan fingerprint density at radius 1 is 1.05 bits per heavy atom. The smallest absolute Gasteiger partial charge is 0.265 e. The van der Waals surface area contributed by atoms with E-state index in [4.69, 9.17) is 0 Å². The summed E-state index contributed by atoms with van der Waals surface area (Å²) < 4.78 is 4.01. The van der Waals surface area contributed by atoms with Gasteiger partial charge in [0.05, 0.1) is 0 Å². The molecular formula is C15H17N3OS. The van der Waals surface area contributed by atoms with E-state index in [1.165, 1.54) is 17.2 Å². The Morgan fingerprint density at radius 2 is 1.90 bits per heavy atom. The first kappa shape index (κ1) is 13.1. The van der Waals surface area contributed by atoms with Crippen molar-refractivity contribution in [1.82, 2.24) is 9.27 Å². The molecule has 0 radical (unpaired) electrons. The van der Waals surface area contributed by atoms with E-state index in [1.54, 1.807) is 12.3 Å². The Morgan fingerprint density at radius 3 is 2.65 bits per heavy atom. The van der Waals surface area contributed by atoms with Crippen LogP contribution in [0, 0.1) is 0 Å². The molecule has 0 aliphatic carbocycles. The number of para-hydroxylation sites is 1. The zero-order valence-electron chi connectivity index (χ0n) is 11.2. The summed E-state index contributed by atoms with van der Waals surface area (Å²) in [5.41, 5.74) is 1.24. The first-order chi connectivity index (χ1) is 9.84. The molecule has 1 saturated heterocycles. The fourth-order valence-corrected chi connectivity index (χ4v) is 3.06. The number of hydrogen-bond donors (Lipinski definition) is 0. The maximum atomic E-state index is 12.3. The second kappa shape index (κ2) is 6.05. The predicted molar refractivity (Wildman–Crippen MR) is 81.3 cm³/mol. The first-order valence-electron chi connectivity index (χ1n) is 6.84. The normalized spacial score (nSPS) is 16.0. The van der Waals surface area contributed by atoms with Crippen molar-refractivity contribution in [2.45, 2.75) is 6.42 Å². The van der Waals surface area contributed by atoms with Gasteiger partial charge in [-0.3, -0.25) is 4.79 Å². The van der Waals surface area contributed by atoms with Crippen molar-refractivity contribution in [2.75, 3.05) is 31.1 Å². The highest BCUT2D eigenvalue weighted by Crippen LogP contribution is 2.17. The molecule has 3 rings (SSSR count). The lowest BCUT2D eigenvalue weighted by molar-refractivity contribution is 0.0772. The van der Waals surface area contributed by atoms with Crippen LogP contribution < -0.4 is 4.90 Å². The number of amides is 1. The number of anilines is 1. The second-order valence-electron chi connectivity index (χ2n) is 4.85. The highest BCUT2D eigenvalue weighted by Gasteiger charge is 2.21. The fraction of sp³-hybridized carbons (Fsp3) is 0.333. The van der Waals surface area contributed by atoms with E-state index in [0.29, 0.717) is 0 Å². The number of carbonyl (C=O) groups is 1. The summed E-state index contributed by atoms with van der Waals surface area (Å²) in [6.45, 7) is 3.47. The Hall–Kier alpha value is -1.88. The van der Waals surface area contributed by atoms with Gasteiger partial charge < -0.3 is 9.80 Å². The van der Waals surface area contributed by atoms with Crippen LogP contribution >= 0.6 is 11.5 Å². The Kier molecular flexibility index (Phi) is 3.97. The number of nitrogens with zero attached hydrogens (tertiary/aromatic N) is 3. The molecule has 0 spiro atoms. The summed E-state index contributed by atoms with van der Waals surface area (Å²) in [6.07, 6.45) is 2.69. The van der Waals surface area contributed by atoms with Crippen LogP contribution in [0.2, 0.25) is 0 Å². The van der Waals surface area contributed by atoms with Crippen LogP contribution in [0.15, 0.2) is 42.6 Å². The van der Waals surface area contributed by atoms with E-state index in [-0.39, 0.29) is 5.91 Å². The maximum absolute atomic E-state index is 12.3.